The first-order valence-electron chi connectivity index (χ1n) is 9.25. The molecule has 4 aromatic rings. The fourth-order valence-corrected chi connectivity index (χ4v) is 4.85. The van der Waals surface area contributed by atoms with Crippen LogP contribution in [0.4, 0.5) is 4.79 Å². The predicted molar refractivity (Wildman–Crippen MR) is 115 cm³/mol. The zero-order valence-corrected chi connectivity index (χ0v) is 17.7. The summed E-state index contributed by atoms with van der Waals surface area (Å²) in [7, 11) is 1.57. The van der Waals surface area contributed by atoms with Crippen LogP contribution in [0.25, 0.3) is 31.8 Å². The fraction of sp³-hybridized carbons (Fsp3) is 0.238. The largest absolute Gasteiger partial charge is 0.486 e. The van der Waals surface area contributed by atoms with Crippen molar-refractivity contribution >= 4 is 49.6 Å². The zero-order valence-electron chi connectivity index (χ0n) is 16.1. The van der Waals surface area contributed by atoms with Crippen LogP contribution in [0.5, 0.6) is 11.6 Å². The second-order valence-corrected chi connectivity index (χ2v) is 8.30. The number of fused-ring (bicyclic) bond motifs is 4. The van der Waals surface area contributed by atoms with E-state index in [1.165, 1.54) is 0 Å². The quantitative estimate of drug-likeness (QED) is 0.416. The molecule has 152 valence electrons. The molecular weight excluding hydrogens is 426 g/mol. The third-order valence-electron chi connectivity index (χ3n) is 4.93. The minimum atomic E-state index is -0.830. The van der Waals surface area contributed by atoms with Crippen LogP contribution in [0.15, 0.2) is 30.5 Å². The van der Waals surface area contributed by atoms with Gasteiger partial charge >= 0.3 is 5.43 Å². The summed E-state index contributed by atoms with van der Waals surface area (Å²) in [5, 5.41) is 0.863. The number of carbonyl (C=O) groups is 1. The van der Waals surface area contributed by atoms with Crippen LogP contribution in [0.2, 0.25) is 0 Å². The van der Waals surface area contributed by atoms with Crippen molar-refractivity contribution < 1.29 is 19.0 Å². The lowest BCUT2D eigenvalue weighted by molar-refractivity contribution is 0.109. The Morgan fingerprint density at radius 2 is 2.17 bits per heavy atom. The third-order valence-corrected chi connectivity index (χ3v) is 6.21. The number of aromatic nitrogens is 3. The van der Waals surface area contributed by atoms with Gasteiger partial charge in [0.2, 0.25) is 5.88 Å². The van der Waals surface area contributed by atoms with Crippen molar-refractivity contribution in [3.8, 4) is 22.2 Å². The van der Waals surface area contributed by atoms with Gasteiger partial charge in [-0.05, 0) is 36.8 Å². The standard InChI is InChI=1S/C21H16ClN3O4S/c1-10-5-13(18-15(6-10)24-17(27-2)8-23-18)20-25-14-3-4-16-12(19(14)30-20)7-11(29-16)9-28-21(22)26/h3-6,8,11H,7,9H2,1-2H3/t11-/m0/s1. The molecule has 0 amide bonds. The maximum Gasteiger partial charge on any atom is 0.403 e. The molecule has 3 heterocycles. The van der Waals surface area contributed by atoms with Gasteiger partial charge in [-0.1, -0.05) is 0 Å². The van der Waals surface area contributed by atoms with Gasteiger partial charge in [-0.25, -0.2) is 19.7 Å². The van der Waals surface area contributed by atoms with Gasteiger partial charge in [-0.2, -0.15) is 0 Å². The molecule has 0 saturated carbocycles. The Hall–Kier alpha value is -2.97. The van der Waals surface area contributed by atoms with E-state index in [2.05, 4.69) is 16.0 Å². The van der Waals surface area contributed by atoms with Gasteiger partial charge in [0.25, 0.3) is 0 Å². The molecule has 0 radical (unpaired) electrons. The minimum absolute atomic E-state index is 0.115. The van der Waals surface area contributed by atoms with Crippen LogP contribution in [0.3, 0.4) is 0 Å². The lowest BCUT2D eigenvalue weighted by Crippen LogP contribution is -2.21. The van der Waals surface area contributed by atoms with E-state index in [1.54, 1.807) is 24.6 Å². The Balaban J connectivity index is 1.58. The number of methoxy groups -OCH3 is 1. The first kappa shape index (κ1) is 19.0. The van der Waals surface area contributed by atoms with Crippen molar-refractivity contribution in [2.45, 2.75) is 19.4 Å². The van der Waals surface area contributed by atoms with Crippen LogP contribution in [0.1, 0.15) is 11.1 Å². The summed E-state index contributed by atoms with van der Waals surface area (Å²) < 4.78 is 17.1. The molecule has 2 aromatic carbocycles. The average Bonchev–Trinajstić information content (AvgIpc) is 3.34. The van der Waals surface area contributed by atoms with Crippen LogP contribution < -0.4 is 9.47 Å². The molecule has 0 saturated heterocycles. The highest BCUT2D eigenvalue weighted by Crippen LogP contribution is 2.41. The summed E-state index contributed by atoms with van der Waals surface area (Å²) in [5.41, 5.74) is 4.67. The Kier molecular flexibility index (Phi) is 4.67. The maximum absolute atomic E-state index is 10.9. The number of benzene rings is 2. The monoisotopic (exact) mass is 441 g/mol. The second-order valence-electron chi connectivity index (χ2n) is 6.99. The lowest BCUT2D eigenvalue weighted by atomic mass is 10.1. The van der Waals surface area contributed by atoms with Gasteiger partial charge in [-0.3, -0.25) is 0 Å². The molecule has 0 N–H and O–H groups in total. The molecule has 0 spiro atoms. The molecule has 0 aliphatic carbocycles. The van der Waals surface area contributed by atoms with E-state index < -0.39 is 5.43 Å². The van der Waals surface area contributed by atoms with Crippen molar-refractivity contribution in [2.75, 3.05) is 13.7 Å². The average molecular weight is 442 g/mol. The van der Waals surface area contributed by atoms with Gasteiger partial charge in [-0.15, -0.1) is 11.3 Å². The summed E-state index contributed by atoms with van der Waals surface area (Å²) >= 11 is 6.86. The van der Waals surface area contributed by atoms with Gasteiger partial charge in [0.15, 0.2) is 0 Å². The molecule has 5 rings (SSSR count). The van der Waals surface area contributed by atoms with E-state index in [0.717, 1.165) is 48.7 Å². The van der Waals surface area contributed by atoms with Crippen LogP contribution in [-0.2, 0) is 11.2 Å². The summed E-state index contributed by atoms with van der Waals surface area (Å²) in [6, 6.07) is 7.90. The summed E-state index contributed by atoms with van der Waals surface area (Å²) in [6.45, 7) is 2.13. The highest BCUT2D eigenvalue weighted by Gasteiger charge is 2.27. The Labute approximate surface area is 180 Å². The number of ether oxygens (including phenoxy) is 3. The van der Waals surface area contributed by atoms with Crippen LogP contribution in [0, 0.1) is 6.92 Å². The molecule has 1 atom stereocenters. The van der Waals surface area contributed by atoms with E-state index in [9.17, 15) is 4.79 Å². The van der Waals surface area contributed by atoms with Crippen molar-refractivity contribution in [2.24, 2.45) is 0 Å². The van der Waals surface area contributed by atoms with Gasteiger partial charge in [0.05, 0.1) is 34.6 Å². The number of carbonyl (C=O) groups excluding carboxylic acids is 1. The summed E-state index contributed by atoms with van der Waals surface area (Å²) in [6.07, 6.45) is 1.99. The van der Waals surface area contributed by atoms with E-state index >= 15 is 0 Å². The van der Waals surface area contributed by atoms with Crippen molar-refractivity contribution in [1.82, 2.24) is 15.0 Å². The molecular formula is C21H16ClN3O4S. The van der Waals surface area contributed by atoms with Crippen LogP contribution in [-0.4, -0.2) is 40.2 Å². The topological polar surface area (TPSA) is 83.4 Å². The SMILES string of the molecule is COc1cnc2c(-c3nc4ccc5c(c4s3)C[C@@H](COC(=O)Cl)O5)cc(C)cc2n1. The predicted octanol–water partition coefficient (Wildman–Crippen LogP) is 4.90. The molecule has 0 unspecified atom stereocenters. The van der Waals surface area contributed by atoms with Crippen molar-refractivity contribution in [3.63, 3.8) is 0 Å². The number of thiazole rings is 1. The summed E-state index contributed by atoms with van der Waals surface area (Å²) in [4.78, 5) is 24.8. The normalized spacial score (nSPS) is 15.2. The fourth-order valence-electron chi connectivity index (χ4n) is 3.66. The van der Waals surface area contributed by atoms with Gasteiger partial charge in [0, 0.05) is 29.1 Å². The molecule has 0 fully saturated rings. The molecule has 0 bridgehead atoms. The van der Waals surface area contributed by atoms with E-state index in [4.69, 9.17) is 30.8 Å². The molecule has 7 nitrogen and oxygen atoms in total. The number of nitrogens with zero attached hydrogens (tertiary/aromatic N) is 3. The first-order chi connectivity index (χ1) is 14.5. The Bertz CT molecular complexity index is 1310. The van der Waals surface area contributed by atoms with E-state index in [0.29, 0.717) is 12.3 Å². The molecule has 30 heavy (non-hydrogen) atoms. The highest BCUT2D eigenvalue weighted by molar-refractivity contribution is 7.22. The summed E-state index contributed by atoms with van der Waals surface area (Å²) in [5.74, 6) is 1.26. The number of aryl methyl sites for hydroxylation is 1. The van der Waals surface area contributed by atoms with Crippen molar-refractivity contribution in [3.05, 3.63) is 41.6 Å². The molecule has 9 heteroatoms. The highest BCUT2D eigenvalue weighted by atomic mass is 35.5. The van der Waals surface area contributed by atoms with Gasteiger partial charge < -0.3 is 14.2 Å². The van der Waals surface area contributed by atoms with Crippen LogP contribution >= 0.6 is 22.9 Å². The smallest absolute Gasteiger partial charge is 0.403 e. The molecule has 1 aliphatic heterocycles. The Morgan fingerprint density at radius 3 is 2.97 bits per heavy atom. The molecule has 2 aromatic heterocycles. The Morgan fingerprint density at radius 1 is 1.30 bits per heavy atom. The van der Waals surface area contributed by atoms with E-state index in [-0.39, 0.29) is 12.7 Å². The number of rotatable bonds is 4. The van der Waals surface area contributed by atoms with Crippen molar-refractivity contribution in [1.29, 1.82) is 0 Å². The molecule has 1 aliphatic rings. The zero-order chi connectivity index (χ0) is 20.8. The first-order valence-corrected chi connectivity index (χ1v) is 10.4. The van der Waals surface area contributed by atoms with Gasteiger partial charge in [0.1, 0.15) is 23.5 Å². The maximum atomic E-state index is 10.9. The third kappa shape index (κ3) is 3.32. The number of hydrogen-bond acceptors (Lipinski definition) is 8. The lowest BCUT2D eigenvalue weighted by Gasteiger charge is -2.08. The second kappa shape index (κ2) is 7.37. The minimum Gasteiger partial charge on any atom is -0.486 e. The number of hydrogen-bond donors (Lipinski definition) is 0. The number of halogens is 1. The van der Waals surface area contributed by atoms with E-state index in [1.807, 2.05) is 25.1 Å².